The van der Waals surface area contributed by atoms with Crippen LogP contribution in [-0.2, 0) is 21.1 Å². The Morgan fingerprint density at radius 2 is 1.97 bits per heavy atom. The number of aryl methyl sites for hydroxylation is 1. The van der Waals surface area contributed by atoms with E-state index < -0.39 is 32.7 Å². The van der Waals surface area contributed by atoms with E-state index in [-0.39, 0.29) is 22.1 Å². The summed E-state index contributed by atoms with van der Waals surface area (Å²) in [5, 5.41) is 20.7. The lowest BCUT2D eigenvalue weighted by molar-refractivity contribution is -0.117. The molecule has 0 heterocycles. The van der Waals surface area contributed by atoms with E-state index >= 15 is 0 Å². The van der Waals surface area contributed by atoms with Crippen molar-refractivity contribution < 1.29 is 23.4 Å². The van der Waals surface area contributed by atoms with Crippen LogP contribution in [0.4, 0.5) is 0 Å². The van der Waals surface area contributed by atoms with Gasteiger partial charge in [0.05, 0.1) is 0 Å². The summed E-state index contributed by atoms with van der Waals surface area (Å²) >= 11 is 0. The Hall–Kier alpha value is -2.28. The first-order chi connectivity index (χ1) is 14.4. The second-order valence-corrected chi connectivity index (χ2v) is 10.9. The molecule has 0 radical (unpaired) electrons. The molecule has 1 aromatic rings. The Bertz CT molecular complexity index is 994. The number of benzene rings is 1. The van der Waals surface area contributed by atoms with Crippen molar-refractivity contribution in [2.45, 2.75) is 82.3 Å². The van der Waals surface area contributed by atoms with Crippen molar-refractivity contribution >= 4 is 15.7 Å². The maximum absolute atomic E-state index is 13.3. The summed E-state index contributed by atoms with van der Waals surface area (Å²) in [6.45, 7) is 11.2. The molecule has 3 unspecified atom stereocenters. The molecule has 0 spiro atoms. The first-order valence-corrected chi connectivity index (χ1v) is 12.4. The number of sulfone groups is 1. The van der Waals surface area contributed by atoms with Crippen molar-refractivity contribution in [1.29, 1.82) is 0 Å². The van der Waals surface area contributed by atoms with Crippen molar-refractivity contribution in [3.05, 3.63) is 41.0 Å². The van der Waals surface area contributed by atoms with Gasteiger partial charge in [-0.3, -0.25) is 4.79 Å². The zero-order valence-corrected chi connectivity index (χ0v) is 19.8. The molecular formula is C24H35NO5S. The van der Waals surface area contributed by atoms with Gasteiger partial charge in [0, 0.05) is 11.5 Å². The first-order valence-electron chi connectivity index (χ1n) is 10.9. The van der Waals surface area contributed by atoms with Gasteiger partial charge in [0.15, 0.2) is 9.84 Å². The molecule has 0 aromatic heterocycles. The number of aromatic hydroxyl groups is 2. The summed E-state index contributed by atoms with van der Waals surface area (Å²) in [6.07, 6.45) is 6.48. The highest BCUT2D eigenvalue weighted by Gasteiger charge is 2.38. The van der Waals surface area contributed by atoms with Gasteiger partial charge in [-0.05, 0) is 64.0 Å². The van der Waals surface area contributed by atoms with Crippen LogP contribution in [0.25, 0.3) is 0 Å². The number of amides is 1. The smallest absolute Gasteiger partial charge is 0.235 e. The normalized spacial score (nSPS) is 20.2. The van der Waals surface area contributed by atoms with Crippen LogP contribution in [0.2, 0.25) is 0 Å². The SMILES string of the molecule is C=C(C)C1CCC(C)=CC1c1c(O)cc(CCCCC)c(S(=O)(=O)C(C)C(N)=O)c1O. The molecule has 4 N–H and O–H groups in total. The number of allylic oxidation sites excluding steroid dienone is 3. The van der Waals surface area contributed by atoms with Crippen LogP contribution >= 0.6 is 0 Å². The lowest BCUT2D eigenvalue weighted by Crippen LogP contribution is -2.34. The largest absolute Gasteiger partial charge is 0.507 e. The van der Waals surface area contributed by atoms with E-state index in [4.69, 9.17) is 5.73 Å². The fraction of sp³-hybridized carbons (Fsp3) is 0.542. The number of hydrogen-bond donors (Lipinski definition) is 3. The summed E-state index contributed by atoms with van der Waals surface area (Å²) in [6, 6.07) is 1.43. The molecule has 1 amide bonds. The van der Waals surface area contributed by atoms with Crippen molar-refractivity contribution in [2.75, 3.05) is 0 Å². The van der Waals surface area contributed by atoms with Crippen LogP contribution in [0.15, 0.2) is 34.8 Å². The molecular weight excluding hydrogens is 414 g/mol. The number of primary amides is 1. The Labute approximate surface area is 185 Å². The minimum atomic E-state index is -4.24. The third-order valence-corrected chi connectivity index (χ3v) is 8.45. The number of phenols is 2. The molecule has 6 nitrogen and oxygen atoms in total. The Morgan fingerprint density at radius 3 is 2.52 bits per heavy atom. The molecule has 0 aliphatic heterocycles. The Kier molecular flexibility index (Phi) is 7.98. The van der Waals surface area contributed by atoms with Gasteiger partial charge in [-0.25, -0.2) is 8.42 Å². The van der Waals surface area contributed by atoms with Gasteiger partial charge in [0.1, 0.15) is 21.6 Å². The summed E-state index contributed by atoms with van der Waals surface area (Å²) in [7, 11) is -4.24. The van der Waals surface area contributed by atoms with Crippen molar-refractivity contribution in [3.63, 3.8) is 0 Å². The lowest BCUT2D eigenvalue weighted by Gasteiger charge is -2.32. The molecule has 0 saturated carbocycles. The fourth-order valence-electron chi connectivity index (χ4n) is 4.34. The average Bonchev–Trinajstić information content (AvgIpc) is 2.66. The van der Waals surface area contributed by atoms with Gasteiger partial charge in [-0.15, -0.1) is 0 Å². The highest BCUT2D eigenvalue weighted by atomic mass is 32.2. The number of hydrogen-bond acceptors (Lipinski definition) is 5. The van der Waals surface area contributed by atoms with E-state index in [1.807, 2.05) is 26.8 Å². The molecule has 1 aromatic carbocycles. The standard InChI is InChI=1S/C24H35NO5S/c1-6-7-8-9-17-13-20(26)21(19-12-15(4)10-11-18(19)14(2)3)22(27)23(17)31(29,30)16(5)24(25)28/h12-13,16,18-19,26-27H,2,6-11H2,1,3-5H3,(H2,25,28). The van der Waals surface area contributed by atoms with Crippen molar-refractivity contribution in [3.8, 4) is 11.5 Å². The van der Waals surface area contributed by atoms with Gasteiger partial charge in [-0.1, -0.05) is 43.6 Å². The monoisotopic (exact) mass is 449 g/mol. The lowest BCUT2D eigenvalue weighted by atomic mass is 9.73. The molecule has 31 heavy (non-hydrogen) atoms. The molecule has 7 heteroatoms. The van der Waals surface area contributed by atoms with Gasteiger partial charge < -0.3 is 15.9 Å². The number of rotatable bonds is 9. The van der Waals surface area contributed by atoms with E-state index in [2.05, 4.69) is 6.58 Å². The first kappa shape index (κ1) is 25.0. The van der Waals surface area contributed by atoms with Gasteiger partial charge in [0.2, 0.25) is 5.91 Å². The zero-order chi connectivity index (χ0) is 23.5. The molecule has 1 aliphatic rings. The van der Waals surface area contributed by atoms with Crippen molar-refractivity contribution in [2.24, 2.45) is 11.7 Å². The minimum Gasteiger partial charge on any atom is -0.507 e. The van der Waals surface area contributed by atoms with Gasteiger partial charge in [0.25, 0.3) is 0 Å². The molecule has 2 rings (SSSR count). The quantitative estimate of drug-likeness (QED) is 0.379. The van der Waals surface area contributed by atoms with Crippen molar-refractivity contribution in [1.82, 2.24) is 0 Å². The molecule has 1 aliphatic carbocycles. The summed E-state index contributed by atoms with van der Waals surface area (Å²) in [5.41, 5.74) is 7.78. The number of nitrogens with two attached hydrogens (primary N) is 1. The highest BCUT2D eigenvalue weighted by molar-refractivity contribution is 7.93. The molecule has 3 atom stereocenters. The third kappa shape index (κ3) is 5.14. The van der Waals surface area contributed by atoms with E-state index in [9.17, 15) is 23.4 Å². The number of phenolic OH excluding ortho intramolecular Hbond substituents is 2. The minimum absolute atomic E-state index is 0.0458. The van der Waals surface area contributed by atoms with Crippen LogP contribution in [0.3, 0.4) is 0 Å². The molecule has 0 saturated heterocycles. The Morgan fingerprint density at radius 1 is 1.32 bits per heavy atom. The molecule has 0 fully saturated rings. The average molecular weight is 450 g/mol. The number of carbonyl (C=O) groups excluding carboxylic acids is 1. The van der Waals surface area contributed by atoms with Crippen LogP contribution in [0.1, 0.15) is 76.8 Å². The van der Waals surface area contributed by atoms with Gasteiger partial charge in [-0.2, -0.15) is 0 Å². The van der Waals surface area contributed by atoms with Crippen LogP contribution in [0, 0.1) is 5.92 Å². The number of carbonyl (C=O) groups is 1. The topological polar surface area (TPSA) is 118 Å². The maximum Gasteiger partial charge on any atom is 0.235 e. The highest BCUT2D eigenvalue weighted by Crippen LogP contribution is 2.49. The molecule has 0 bridgehead atoms. The van der Waals surface area contributed by atoms with Crippen LogP contribution in [-0.4, -0.2) is 29.8 Å². The number of unbranched alkanes of at least 4 members (excludes halogenated alkanes) is 2. The predicted molar refractivity (Wildman–Crippen MR) is 123 cm³/mol. The maximum atomic E-state index is 13.3. The van der Waals surface area contributed by atoms with Crippen LogP contribution < -0.4 is 5.73 Å². The van der Waals surface area contributed by atoms with Crippen LogP contribution in [0.5, 0.6) is 11.5 Å². The van der Waals surface area contributed by atoms with E-state index in [1.165, 1.54) is 13.0 Å². The summed E-state index contributed by atoms with van der Waals surface area (Å²) in [5.74, 6) is -2.07. The molecule has 172 valence electrons. The van der Waals surface area contributed by atoms with Gasteiger partial charge >= 0.3 is 0 Å². The van der Waals surface area contributed by atoms with E-state index in [0.717, 1.165) is 36.8 Å². The van der Waals surface area contributed by atoms with E-state index in [1.54, 1.807) is 0 Å². The predicted octanol–water partition coefficient (Wildman–Crippen LogP) is 4.49. The second kappa shape index (κ2) is 9.90. The van der Waals surface area contributed by atoms with E-state index in [0.29, 0.717) is 18.4 Å². The fourth-order valence-corrected chi connectivity index (χ4v) is 5.90. The Balaban J connectivity index is 2.79. The second-order valence-electron chi connectivity index (χ2n) is 8.72. The summed E-state index contributed by atoms with van der Waals surface area (Å²) in [4.78, 5) is 11.4. The third-order valence-electron chi connectivity index (χ3n) is 6.26. The zero-order valence-electron chi connectivity index (χ0n) is 18.9. The summed E-state index contributed by atoms with van der Waals surface area (Å²) < 4.78 is 26.6.